The number of alkyl halides is 3. The summed E-state index contributed by atoms with van der Waals surface area (Å²) in [5.41, 5.74) is 0.486. The minimum atomic E-state index is -1.81. The van der Waals surface area contributed by atoms with Gasteiger partial charge >= 0.3 is 5.63 Å². The predicted molar refractivity (Wildman–Crippen MR) is 129 cm³/mol. The summed E-state index contributed by atoms with van der Waals surface area (Å²) >= 11 is 24.7. The van der Waals surface area contributed by atoms with Gasteiger partial charge in [-0.3, -0.25) is 9.69 Å². The van der Waals surface area contributed by atoms with Crippen LogP contribution in [0.5, 0.6) is 0 Å². The van der Waals surface area contributed by atoms with E-state index in [2.05, 4.69) is 10.2 Å². The maximum absolute atomic E-state index is 12.9. The van der Waals surface area contributed by atoms with Crippen LogP contribution in [0.25, 0.3) is 11.0 Å². The molecule has 3 aromatic rings. The van der Waals surface area contributed by atoms with Gasteiger partial charge in [-0.15, -0.1) is 0 Å². The first-order chi connectivity index (χ1) is 15.2. The van der Waals surface area contributed by atoms with Gasteiger partial charge in [0, 0.05) is 42.3 Å². The van der Waals surface area contributed by atoms with Crippen LogP contribution >= 0.6 is 46.4 Å². The number of benzene rings is 2. The van der Waals surface area contributed by atoms with E-state index in [1.165, 1.54) is 6.07 Å². The number of carbonyl (C=O) groups excluding carboxylic acids is 1. The van der Waals surface area contributed by atoms with Crippen LogP contribution in [0.15, 0.2) is 63.8 Å². The molecule has 1 unspecified atom stereocenters. The summed E-state index contributed by atoms with van der Waals surface area (Å²) in [4.78, 5) is 29.3. The van der Waals surface area contributed by atoms with E-state index >= 15 is 0 Å². The number of piperazine rings is 1. The van der Waals surface area contributed by atoms with Crippen LogP contribution in [-0.2, 0) is 0 Å². The van der Waals surface area contributed by atoms with E-state index in [-0.39, 0.29) is 5.56 Å². The summed E-state index contributed by atoms with van der Waals surface area (Å²) in [6.45, 7) is 2.34. The zero-order valence-electron chi connectivity index (χ0n) is 16.7. The molecule has 1 fully saturated rings. The van der Waals surface area contributed by atoms with Gasteiger partial charge in [-0.25, -0.2) is 4.79 Å². The Morgan fingerprint density at radius 3 is 2.41 bits per heavy atom. The van der Waals surface area contributed by atoms with E-state index in [0.29, 0.717) is 42.2 Å². The number of anilines is 1. The van der Waals surface area contributed by atoms with Crippen molar-refractivity contribution in [2.24, 2.45) is 0 Å². The van der Waals surface area contributed by atoms with E-state index in [9.17, 15) is 9.59 Å². The molecule has 1 amide bonds. The number of rotatable bonds is 4. The fourth-order valence-corrected chi connectivity index (χ4v) is 4.48. The molecule has 10 heteroatoms. The van der Waals surface area contributed by atoms with Crippen molar-refractivity contribution in [2.45, 2.75) is 9.96 Å². The molecule has 0 radical (unpaired) electrons. The van der Waals surface area contributed by atoms with Gasteiger partial charge in [0.25, 0.3) is 5.91 Å². The summed E-state index contributed by atoms with van der Waals surface area (Å²) in [5.74, 6) is -0.668. The highest BCUT2D eigenvalue weighted by molar-refractivity contribution is 6.68. The maximum Gasteiger partial charge on any atom is 0.349 e. The molecule has 0 aliphatic carbocycles. The van der Waals surface area contributed by atoms with E-state index < -0.39 is 21.5 Å². The normalized spacial score (nSPS) is 16.2. The lowest BCUT2D eigenvalue weighted by Crippen LogP contribution is -2.61. The van der Waals surface area contributed by atoms with Crippen molar-refractivity contribution >= 4 is 69.0 Å². The van der Waals surface area contributed by atoms with Crippen molar-refractivity contribution in [3.05, 3.63) is 75.6 Å². The molecule has 4 rings (SSSR count). The lowest BCUT2D eigenvalue weighted by atomic mass is 10.1. The number of para-hydroxylation sites is 1. The minimum absolute atomic E-state index is 0.152. The molecular formula is C22H19Cl4N3O3. The molecule has 0 spiro atoms. The fourth-order valence-electron chi connectivity index (χ4n) is 3.71. The van der Waals surface area contributed by atoms with Crippen molar-refractivity contribution in [3.8, 4) is 0 Å². The third-order valence-electron chi connectivity index (χ3n) is 5.32. The van der Waals surface area contributed by atoms with E-state index in [0.717, 1.165) is 5.69 Å². The van der Waals surface area contributed by atoms with Gasteiger partial charge in [0.05, 0.1) is 0 Å². The highest BCUT2D eigenvalue weighted by atomic mass is 35.6. The standard InChI is InChI=1S/C22H19Cl4N3O3/c23-15-5-3-6-16(13-15)28-8-10-29(11-9-28)21(22(24,25)26)27-19(30)17-12-14-4-1-2-7-18(14)32-20(17)31/h1-7,12-13,21H,8-11H2,(H,27,30). The van der Waals surface area contributed by atoms with Gasteiger partial charge in [0.15, 0.2) is 0 Å². The SMILES string of the molecule is O=C(NC(N1CCN(c2cccc(Cl)c2)CC1)C(Cl)(Cl)Cl)c1cc2ccccc2oc1=O. The van der Waals surface area contributed by atoms with Gasteiger partial charge in [0.2, 0.25) is 3.79 Å². The van der Waals surface area contributed by atoms with Crippen LogP contribution in [0.3, 0.4) is 0 Å². The third kappa shape index (κ3) is 5.16. The number of halogens is 4. The van der Waals surface area contributed by atoms with Gasteiger partial charge in [-0.1, -0.05) is 70.7 Å². The summed E-state index contributed by atoms with van der Waals surface area (Å²) < 4.78 is 3.44. The second kappa shape index (κ2) is 9.49. The number of nitrogens with one attached hydrogen (secondary N) is 1. The molecular weight excluding hydrogens is 496 g/mol. The van der Waals surface area contributed by atoms with Crippen molar-refractivity contribution < 1.29 is 9.21 Å². The van der Waals surface area contributed by atoms with E-state index in [4.69, 9.17) is 50.8 Å². The first kappa shape index (κ1) is 23.2. The summed E-state index contributed by atoms with van der Waals surface area (Å²) in [7, 11) is 0. The van der Waals surface area contributed by atoms with Crippen LogP contribution < -0.4 is 15.8 Å². The third-order valence-corrected chi connectivity index (χ3v) is 6.17. The molecule has 0 saturated carbocycles. The largest absolute Gasteiger partial charge is 0.422 e. The molecule has 1 aliphatic rings. The van der Waals surface area contributed by atoms with Crippen LogP contribution in [0.1, 0.15) is 10.4 Å². The molecule has 2 heterocycles. The lowest BCUT2D eigenvalue weighted by Gasteiger charge is -2.42. The Hall–Kier alpha value is -1.96. The summed E-state index contributed by atoms with van der Waals surface area (Å²) in [6.07, 6.45) is -0.938. The Balaban J connectivity index is 1.51. The van der Waals surface area contributed by atoms with Crippen molar-refractivity contribution in [1.29, 1.82) is 0 Å². The maximum atomic E-state index is 12.9. The first-order valence-electron chi connectivity index (χ1n) is 9.87. The van der Waals surface area contributed by atoms with Crippen LogP contribution in [0, 0.1) is 0 Å². The van der Waals surface area contributed by atoms with Gasteiger partial charge in [-0.05, 0) is 30.3 Å². The average molecular weight is 515 g/mol. The van der Waals surface area contributed by atoms with Crippen molar-refractivity contribution in [1.82, 2.24) is 10.2 Å². The van der Waals surface area contributed by atoms with E-state index in [1.54, 1.807) is 24.3 Å². The number of hydrogen-bond acceptors (Lipinski definition) is 5. The highest BCUT2D eigenvalue weighted by Gasteiger charge is 2.40. The lowest BCUT2D eigenvalue weighted by molar-refractivity contribution is 0.0837. The molecule has 32 heavy (non-hydrogen) atoms. The number of fused-ring (bicyclic) bond motifs is 1. The molecule has 1 aliphatic heterocycles. The van der Waals surface area contributed by atoms with Crippen LogP contribution in [0.4, 0.5) is 5.69 Å². The Morgan fingerprint density at radius 2 is 1.72 bits per heavy atom. The minimum Gasteiger partial charge on any atom is -0.422 e. The molecule has 168 valence electrons. The Labute approximate surface area is 204 Å². The topological polar surface area (TPSA) is 65.8 Å². The fraction of sp³-hybridized carbons (Fsp3) is 0.273. The monoisotopic (exact) mass is 513 g/mol. The Morgan fingerprint density at radius 1 is 1.00 bits per heavy atom. The second-order valence-electron chi connectivity index (χ2n) is 7.41. The van der Waals surface area contributed by atoms with Crippen LogP contribution in [-0.4, -0.2) is 46.9 Å². The number of hydrogen-bond donors (Lipinski definition) is 1. The van der Waals surface area contributed by atoms with Gasteiger partial charge < -0.3 is 14.6 Å². The van der Waals surface area contributed by atoms with Gasteiger partial charge in [-0.2, -0.15) is 0 Å². The number of carbonyl (C=O) groups is 1. The Bertz CT molecular complexity index is 1190. The first-order valence-corrected chi connectivity index (χ1v) is 11.4. The summed E-state index contributed by atoms with van der Waals surface area (Å²) in [5, 5.41) is 3.98. The van der Waals surface area contributed by atoms with E-state index in [1.807, 2.05) is 29.2 Å². The van der Waals surface area contributed by atoms with Crippen LogP contribution in [0.2, 0.25) is 5.02 Å². The predicted octanol–water partition coefficient (Wildman–Crippen LogP) is 4.69. The summed E-state index contributed by atoms with van der Waals surface area (Å²) in [6, 6.07) is 16.0. The molecule has 1 N–H and O–H groups in total. The van der Waals surface area contributed by atoms with Crippen molar-refractivity contribution in [2.75, 3.05) is 31.1 Å². The average Bonchev–Trinajstić information content (AvgIpc) is 2.76. The zero-order chi connectivity index (χ0) is 22.9. The smallest absolute Gasteiger partial charge is 0.349 e. The molecule has 2 aromatic carbocycles. The number of amides is 1. The van der Waals surface area contributed by atoms with Gasteiger partial charge in [0.1, 0.15) is 17.3 Å². The zero-order valence-corrected chi connectivity index (χ0v) is 19.8. The molecule has 1 aromatic heterocycles. The molecule has 1 saturated heterocycles. The second-order valence-corrected chi connectivity index (χ2v) is 10.2. The molecule has 0 bridgehead atoms. The highest BCUT2D eigenvalue weighted by Crippen LogP contribution is 2.33. The molecule has 1 atom stereocenters. The Kier molecular flexibility index (Phi) is 6.89. The molecule has 6 nitrogen and oxygen atoms in total. The quantitative estimate of drug-likeness (QED) is 0.404. The number of nitrogens with zero attached hydrogens (tertiary/aromatic N) is 2. The van der Waals surface area contributed by atoms with Crippen molar-refractivity contribution in [3.63, 3.8) is 0 Å².